The van der Waals surface area contributed by atoms with Crippen molar-refractivity contribution in [2.45, 2.75) is 112 Å². The van der Waals surface area contributed by atoms with Crippen LogP contribution in [0.2, 0.25) is 0 Å². The summed E-state index contributed by atoms with van der Waals surface area (Å²) in [4.78, 5) is 27.1. The third-order valence-corrected chi connectivity index (χ3v) is 13.4. The van der Waals surface area contributed by atoms with Crippen LogP contribution in [0, 0.1) is 50.2 Å². The fourth-order valence-corrected chi connectivity index (χ4v) is 10.6. The van der Waals surface area contributed by atoms with Gasteiger partial charge in [-0.1, -0.05) is 47.1 Å². The number of ketones is 1. The van der Waals surface area contributed by atoms with Gasteiger partial charge in [-0.2, -0.15) is 0 Å². The van der Waals surface area contributed by atoms with Crippen LogP contribution in [0.5, 0.6) is 0 Å². The topological polar surface area (TPSA) is 69.4 Å². The minimum Gasteiger partial charge on any atom is -0.469 e. The molecule has 5 aliphatic carbocycles. The van der Waals surface area contributed by atoms with Crippen molar-refractivity contribution in [2.75, 3.05) is 7.11 Å². The van der Waals surface area contributed by atoms with E-state index in [1.165, 1.54) is 19.1 Å². The van der Waals surface area contributed by atoms with E-state index in [0.717, 1.165) is 51.4 Å². The fourth-order valence-electron chi connectivity index (χ4n) is 10.6. The maximum atomic E-state index is 14.3. The number of allylic oxidation sites excluding steroid dienone is 2. The SMILES string of the molecule is COC(=O)[C@]1(C)CC[C@@]2(C)CC[C@@]3(C)C(=CC(=O)[C@@H]4[C@]5(C)CC[C@@H](N)C(C)(C)[C@@H]5CC[C@]43C)[C@@H]2C1. The van der Waals surface area contributed by atoms with Crippen LogP contribution < -0.4 is 5.73 Å². The van der Waals surface area contributed by atoms with E-state index in [1.807, 2.05) is 0 Å². The summed E-state index contributed by atoms with van der Waals surface area (Å²) in [5.74, 6) is 1.06. The number of methoxy groups -OCH3 is 1. The van der Waals surface area contributed by atoms with Crippen LogP contribution in [0.3, 0.4) is 0 Å². The fraction of sp³-hybridized carbons (Fsp3) is 0.871. The number of rotatable bonds is 1. The molecular formula is C31H49NO3. The molecule has 4 fully saturated rings. The lowest BCUT2D eigenvalue weighted by Crippen LogP contribution is -2.67. The molecule has 2 N–H and O–H groups in total. The molecule has 35 heavy (non-hydrogen) atoms. The first kappa shape index (κ1) is 25.5. The summed E-state index contributed by atoms with van der Waals surface area (Å²) in [5, 5.41) is 0. The van der Waals surface area contributed by atoms with E-state index in [4.69, 9.17) is 10.5 Å². The van der Waals surface area contributed by atoms with E-state index in [-0.39, 0.29) is 50.9 Å². The highest BCUT2D eigenvalue weighted by Crippen LogP contribution is 2.75. The Hall–Kier alpha value is -1.16. The quantitative estimate of drug-likeness (QED) is 0.434. The van der Waals surface area contributed by atoms with Gasteiger partial charge in [-0.25, -0.2) is 0 Å². The molecule has 0 radical (unpaired) electrons. The molecule has 5 rings (SSSR count). The molecule has 0 aromatic heterocycles. The molecular weight excluding hydrogens is 434 g/mol. The molecule has 4 nitrogen and oxygen atoms in total. The highest BCUT2D eigenvalue weighted by molar-refractivity contribution is 5.95. The van der Waals surface area contributed by atoms with Gasteiger partial charge in [0.05, 0.1) is 12.5 Å². The third kappa shape index (κ3) is 3.07. The number of ether oxygens (including phenoxy) is 1. The predicted molar refractivity (Wildman–Crippen MR) is 139 cm³/mol. The molecule has 0 saturated heterocycles. The number of hydrogen-bond donors (Lipinski definition) is 1. The Balaban J connectivity index is 1.61. The summed E-state index contributed by atoms with van der Waals surface area (Å²) in [7, 11) is 1.51. The van der Waals surface area contributed by atoms with Gasteiger partial charge in [0.1, 0.15) is 0 Å². The van der Waals surface area contributed by atoms with Crippen molar-refractivity contribution in [1.29, 1.82) is 0 Å². The first-order chi connectivity index (χ1) is 16.1. The standard InChI is InChI=1S/C31H49NO3/c1-26(2)22-9-12-31(7)24(29(22,5)11-10-23(26)32)21(33)17-19-20-18-28(4,25(34)35-8)14-13-27(20,3)15-16-30(19,31)6/h17,20,22-24H,9-16,18,32H2,1-8H3/t20-,22-,23+,24+,27-,28+,29+,30-,31+/m0/s1. The van der Waals surface area contributed by atoms with Crippen LogP contribution in [-0.4, -0.2) is 24.9 Å². The molecule has 0 aromatic rings. The molecule has 0 heterocycles. The van der Waals surface area contributed by atoms with E-state index >= 15 is 0 Å². The van der Waals surface area contributed by atoms with E-state index in [1.54, 1.807) is 0 Å². The molecule has 0 unspecified atom stereocenters. The van der Waals surface area contributed by atoms with Crippen molar-refractivity contribution in [1.82, 2.24) is 0 Å². The maximum Gasteiger partial charge on any atom is 0.311 e. The smallest absolute Gasteiger partial charge is 0.311 e. The largest absolute Gasteiger partial charge is 0.469 e. The Morgan fingerprint density at radius 2 is 1.60 bits per heavy atom. The van der Waals surface area contributed by atoms with Crippen LogP contribution in [-0.2, 0) is 14.3 Å². The summed E-state index contributed by atoms with van der Waals surface area (Å²) in [6.07, 6.45) is 11.4. The number of hydrogen-bond acceptors (Lipinski definition) is 4. The average molecular weight is 484 g/mol. The minimum absolute atomic E-state index is 0.0116. The molecule has 5 aliphatic rings. The van der Waals surface area contributed by atoms with Crippen molar-refractivity contribution in [2.24, 2.45) is 56.0 Å². The van der Waals surface area contributed by atoms with Crippen LogP contribution in [0.4, 0.5) is 0 Å². The number of carbonyl (C=O) groups excluding carboxylic acids is 2. The zero-order chi connectivity index (χ0) is 25.8. The van der Waals surface area contributed by atoms with E-state index in [2.05, 4.69) is 54.5 Å². The number of carbonyl (C=O) groups is 2. The van der Waals surface area contributed by atoms with Gasteiger partial charge in [-0.15, -0.1) is 0 Å². The van der Waals surface area contributed by atoms with Gasteiger partial charge in [0, 0.05) is 12.0 Å². The summed E-state index contributed by atoms with van der Waals surface area (Å²) in [6, 6.07) is 0.207. The molecule has 0 amide bonds. The highest BCUT2D eigenvalue weighted by Gasteiger charge is 2.70. The molecule has 0 spiro atoms. The van der Waals surface area contributed by atoms with Crippen LogP contribution >= 0.6 is 0 Å². The molecule has 0 aliphatic heterocycles. The van der Waals surface area contributed by atoms with Gasteiger partial charge >= 0.3 is 5.97 Å². The van der Waals surface area contributed by atoms with Crippen molar-refractivity contribution in [3.8, 4) is 0 Å². The van der Waals surface area contributed by atoms with Crippen LogP contribution in [0.25, 0.3) is 0 Å². The Kier molecular flexibility index (Phi) is 5.43. The first-order valence-corrected chi connectivity index (χ1v) is 14.2. The van der Waals surface area contributed by atoms with Gasteiger partial charge in [-0.05, 0) is 110 Å². The van der Waals surface area contributed by atoms with Gasteiger partial charge in [0.2, 0.25) is 0 Å². The molecule has 4 saturated carbocycles. The first-order valence-electron chi connectivity index (χ1n) is 14.2. The lowest BCUT2D eigenvalue weighted by Gasteiger charge is -2.70. The minimum atomic E-state index is -0.466. The lowest BCUT2D eigenvalue weighted by atomic mass is 9.33. The molecule has 9 atom stereocenters. The van der Waals surface area contributed by atoms with Crippen LogP contribution in [0.1, 0.15) is 106 Å². The Morgan fingerprint density at radius 3 is 2.26 bits per heavy atom. The second-order valence-corrected chi connectivity index (χ2v) is 15.2. The van der Waals surface area contributed by atoms with Crippen molar-refractivity contribution in [3.63, 3.8) is 0 Å². The number of esters is 1. The second-order valence-electron chi connectivity index (χ2n) is 15.2. The second kappa shape index (κ2) is 7.45. The third-order valence-electron chi connectivity index (χ3n) is 13.4. The van der Waals surface area contributed by atoms with E-state index in [9.17, 15) is 9.59 Å². The van der Waals surface area contributed by atoms with E-state index in [0.29, 0.717) is 11.7 Å². The molecule has 0 aromatic carbocycles. The van der Waals surface area contributed by atoms with Crippen LogP contribution in [0.15, 0.2) is 11.6 Å². The zero-order valence-corrected chi connectivity index (χ0v) is 23.6. The zero-order valence-electron chi connectivity index (χ0n) is 23.6. The van der Waals surface area contributed by atoms with Crippen molar-refractivity contribution >= 4 is 11.8 Å². The van der Waals surface area contributed by atoms with Crippen molar-refractivity contribution < 1.29 is 14.3 Å². The highest BCUT2D eigenvalue weighted by atomic mass is 16.5. The predicted octanol–water partition coefficient (Wildman–Crippen LogP) is 6.47. The van der Waals surface area contributed by atoms with Gasteiger partial charge in [-0.3, -0.25) is 9.59 Å². The maximum absolute atomic E-state index is 14.3. The lowest BCUT2D eigenvalue weighted by molar-refractivity contribution is -0.188. The molecule has 196 valence electrons. The average Bonchev–Trinajstić information content (AvgIpc) is 2.78. The number of nitrogens with two attached hydrogens (primary N) is 1. The summed E-state index contributed by atoms with van der Waals surface area (Å²) in [5.41, 5.74) is 7.68. The summed E-state index contributed by atoms with van der Waals surface area (Å²) in [6.45, 7) is 16.6. The monoisotopic (exact) mass is 483 g/mol. The molecule has 0 bridgehead atoms. The van der Waals surface area contributed by atoms with Gasteiger partial charge in [0.15, 0.2) is 5.78 Å². The van der Waals surface area contributed by atoms with Crippen molar-refractivity contribution in [3.05, 3.63) is 11.6 Å². The molecule has 4 heteroatoms. The summed E-state index contributed by atoms with van der Waals surface area (Å²) < 4.78 is 5.26. The normalized spacial score (nSPS) is 52.8. The number of fused-ring (bicyclic) bond motifs is 7. The Labute approximate surface area is 213 Å². The Bertz CT molecular complexity index is 984. The van der Waals surface area contributed by atoms with Gasteiger partial charge in [0.25, 0.3) is 0 Å². The Morgan fingerprint density at radius 1 is 0.943 bits per heavy atom. The van der Waals surface area contributed by atoms with E-state index < -0.39 is 5.41 Å². The van der Waals surface area contributed by atoms with Gasteiger partial charge < -0.3 is 10.5 Å². The summed E-state index contributed by atoms with van der Waals surface area (Å²) >= 11 is 0.